The second-order valence-electron chi connectivity index (χ2n) is 8.06. The van der Waals surface area contributed by atoms with E-state index in [0.717, 1.165) is 5.56 Å². The molecule has 0 spiro atoms. The van der Waals surface area contributed by atoms with E-state index in [0.29, 0.717) is 16.5 Å². The first-order valence-electron chi connectivity index (χ1n) is 11.0. The number of benzene rings is 2. The molecular weight excluding hydrogens is 472 g/mol. The maximum absolute atomic E-state index is 13.3. The summed E-state index contributed by atoms with van der Waals surface area (Å²) in [5.41, 5.74) is 0.887. The number of carbonyl (C=O) groups is 2. The Hall–Kier alpha value is -3.66. The van der Waals surface area contributed by atoms with Crippen molar-refractivity contribution in [1.82, 2.24) is 14.7 Å². The topological polar surface area (TPSA) is 117 Å². The Morgan fingerprint density at radius 3 is 2.63 bits per heavy atom. The first kappa shape index (κ1) is 24.5. The molecule has 2 atom stereocenters. The Morgan fingerprint density at radius 1 is 1.14 bits per heavy atom. The zero-order valence-corrected chi connectivity index (χ0v) is 19.5. The Kier molecular flexibility index (Phi) is 7.81. The fourth-order valence-corrected chi connectivity index (χ4v) is 3.88. The third kappa shape index (κ3) is 6.27. The minimum atomic E-state index is -0.964. The van der Waals surface area contributed by atoms with Gasteiger partial charge in [-0.05, 0) is 17.7 Å². The van der Waals surface area contributed by atoms with Crippen LogP contribution >= 0.6 is 11.6 Å². The van der Waals surface area contributed by atoms with Crippen molar-refractivity contribution in [2.24, 2.45) is 0 Å². The van der Waals surface area contributed by atoms with Crippen LogP contribution in [0, 0.1) is 0 Å². The normalized spacial score (nSPS) is 15.0. The van der Waals surface area contributed by atoms with E-state index in [2.05, 4.69) is 10.4 Å². The van der Waals surface area contributed by atoms with E-state index in [-0.39, 0.29) is 31.2 Å². The molecule has 0 fully saturated rings. The number of rotatable bonds is 10. The zero-order chi connectivity index (χ0) is 24.8. The molecule has 0 saturated carbocycles. The summed E-state index contributed by atoms with van der Waals surface area (Å²) in [7, 11) is 0. The van der Waals surface area contributed by atoms with Crippen LogP contribution in [0.5, 0.6) is 5.75 Å². The number of anilines is 1. The number of hydrogen-bond acceptors (Lipinski definition) is 6. The average Bonchev–Trinajstić information content (AvgIpc) is 3.44. The second kappa shape index (κ2) is 11.2. The first-order valence-corrected chi connectivity index (χ1v) is 11.4. The highest BCUT2D eigenvalue weighted by Gasteiger charge is 2.35. The number of amides is 2. The van der Waals surface area contributed by atoms with Gasteiger partial charge in [-0.3, -0.25) is 14.3 Å². The summed E-state index contributed by atoms with van der Waals surface area (Å²) >= 11 is 6.18. The highest BCUT2D eigenvalue weighted by atomic mass is 35.5. The van der Waals surface area contributed by atoms with E-state index < -0.39 is 24.7 Å². The predicted octanol–water partition coefficient (Wildman–Crippen LogP) is 2.24. The Bertz CT molecular complexity index is 1210. The number of para-hydroxylation sites is 1. The van der Waals surface area contributed by atoms with Gasteiger partial charge in [-0.2, -0.15) is 5.10 Å². The van der Waals surface area contributed by atoms with Crippen LogP contribution in [0.2, 0.25) is 5.02 Å². The highest BCUT2D eigenvalue weighted by Crippen LogP contribution is 2.27. The molecule has 2 amide bonds. The van der Waals surface area contributed by atoms with Crippen LogP contribution in [-0.4, -0.2) is 62.0 Å². The number of nitrogens with zero attached hydrogens (tertiary/aromatic N) is 3. The number of aromatic nitrogens is 2. The fraction of sp³-hybridized carbons (Fsp3) is 0.240. The minimum absolute atomic E-state index is 0.0804. The van der Waals surface area contributed by atoms with Crippen molar-refractivity contribution >= 4 is 29.2 Å². The van der Waals surface area contributed by atoms with E-state index in [1.54, 1.807) is 36.5 Å². The molecule has 1 unspecified atom stereocenters. The van der Waals surface area contributed by atoms with E-state index >= 15 is 0 Å². The molecule has 9 nitrogen and oxygen atoms in total. The molecular formula is C25H25ClN4O5. The summed E-state index contributed by atoms with van der Waals surface area (Å²) in [6.45, 7) is -0.216. The van der Waals surface area contributed by atoms with Crippen molar-refractivity contribution in [3.63, 3.8) is 0 Å². The van der Waals surface area contributed by atoms with Crippen LogP contribution in [0.4, 0.5) is 5.82 Å². The SMILES string of the molecule is O=C(Nc1ccn(C[C@@H](O)CO)n1)C(Cc1ccccc1)N1CC(Oc2ccccc2Cl)=CC1=O. The van der Waals surface area contributed by atoms with Crippen molar-refractivity contribution < 1.29 is 24.5 Å². The van der Waals surface area contributed by atoms with Gasteiger partial charge in [-0.15, -0.1) is 0 Å². The lowest BCUT2D eigenvalue weighted by Crippen LogP contribution is -2.47. The first-order chi connectivity index (χ1) is 16.9. The Balaban J connectivity index is 1.50. The summed E-state index contributed by atoms with van der Waals surface area (Å²) in [5.74, 6) is 0.318. The summed E-state index contributed by atoms with van der Waals surface area (Å²) in [6.07, 6.45) is 2.27. The number of aliphatic hydroxyl groups excluding tert-OH is 2. The van der Waals surface area contributed by atoms with E-state index in [4.69, 9.17) is 21.4 Å². The molecule has 3 N–H and O–H groups in total. The molecule has 0 bridgehead atoms. The molecule has 1 aliphatic rings. The quantitative estimate of drug-likeness (QED) is 0.396. The van der Waals surface area contributed by atoms with Gasteiger partial charge >= 0.3 is 0 Å². The van der Waals surface area contributed by atoms with Crippen LogP contribution < -0.4 is 10.1 Å². The van der Waals surface area contributed by atoms with Crippen molar-refractivity contribution in [2.75, 3.05) is 18.5 Å². The van der Waals surface area contributed by atoms with Gasteiger partial charge in [0.25, 0.3) is 5.91 Å². The van der Waals surface area contributed by atoms with Gasteiger partial charge in [0.15, 0.2) is 5.82 Å². The lowest BCUT2D eigenvalue weighted by Gasteiger charge is -2.27. The van der Waals surface area contributed by atoms with Gasteiger partial charge in [0.2, 0.25) is 5.91 Å². The molecule has 10 heteroatoms. The number of nitrogens with one attached hydrogen (secondary N) is 1. The zero-order valence-electron chi connectivity index (χ0n) is 18.8. The van der Waals surface area contributed by atoms with Crippen LogP contribution in [0.25, 0.3) is 0 Å². The van der Waals surface area contributed by atoms with Gasteiger partial charge in [-0.1, -0.05) is 54.1 Å². The Morgan fingerprint density at radius 2 is 1.89 bits per heavy atom. The maximum atomic E-state index is 13.3. The molecule has 182 valence electrons. The highest BCUT2D eigenvalue weighted by molar-refractivity contribution is 6.32. The molecule has 1 aromatic heterocycles. The Labute approximate surface area is 207 Å². The number of halogens is 1. The monoisotopic (exact) mass is 496 g/mol. The molecule has 0 saturated heterocycles. The van der Waals surface area contributed by atoms with Gasteiger partial charge in [0.05, 0.1) is 30.8 Å². The predicted molar refractivity (Wildman–Crippen MR) is 130 cm³/mol. The molecule has 0 aliphatic carbocycles. The van der Waals surface area contributed by atoms with Crippen molar-refractivity contribution in [2.45, 2.75) is 25.1 Å². The summed E-state index contributed by atoms with van der Waals surface area (Å²) in [6, 6.07) is 17.1. The van der Waals surface area contributed by atoms with Crippen LogP contribution in [-0.2, 0) is 22.6 Å². The average molecular weight is 497 g/mol. The molecule has 2 aromatic carbocycles. The number of carbonyl (C=O) groups excluding carboxylic acids is 2. The minimum Gasteiger partial charge on any atom is -0.458 e. The second-order valence-corrected chi connectivity index (χ2v) is 8.47. The molecule has 1 aliphatic heterocycles. The molecule has 2 heterocycles. The molecule has 3 aromatic rings. The van der Waals surface area contributed by atoms with Crippen LogP contribution in [0.15, 0.2) is 78.7 Å². The summed E-state index contributed by atoms with van der Waals surface area (Å²) in [5, 5.41) is 26.0. The smallest absolute Gasteiger partial charge is 0.251 e. The van der Waals surface area contributed by atoms with Gasteiger partial charge in [0.1, 0.15) is 17.6 Å². The van der Waals surface area contributed by atoms with Crippen LogP contribution in [0.3, 0.4) is 0 Å². The fourth-order valence-electron chi connectivity index (χ4n) is 3.70. The van der Waals surface area contributed by atoms with Crippen molar-refractivity contribution in [1.29, 1.82) is 0 Å². The lowest BCUT2D eigenvalue weighted by molar-refractivity contribution is -0.133. The lowest BCUT2D eigenvalue weighted by atomic mass is 10.0. The van der Waals surface area contributed by atoms with Gasteiger partial charge < -0.3 is 25.2 Å². The number of aliphatic hydroxyl groups is 2. The van der Waals surface area contributed by atoms with E-state index in [1.807, 2.05) is 30.3 Å². The van der Waals surface area contributed by atoms with E-state index in [1.165, 1.54) is 15.7 Å². The van der Waals surface area contributed by atoms with Gasteiger partial charge in [0, 0.05) is 24.8 Å². The largest absolute Gasteiger partial charge is 0.458 e. The summed E-state index contributed by atoms with van der Waals surface area (Å²) < 4.78 is 7.25. The van der Waals surface area contributed by atoms with Crippen LogP contribution in [0.1, 0.15) is 5.56 Å². The number of ether oxygens (including phenoxy) is 1. The molecule has 0 radical (unpaired) electrons. The number of hydrogen-bond donors (Lipinski definition) is 3. The van der Waals surface area contributed by atoms with Crippen molar-refractivity contribution in [3.05, 3.63) is 89.3 Å². The standard InChI is InChI=1S/C25H25ClN4O5/c26-20-8-4-5-9-22(20)35-19-13-24(33)30(15-19)21(12-17-6-2-1-3-7-17)25(34)27-23-10-11-29(28-23)14-18(32)16-31/h1-11,13,18,21,31-32H,12,14-16H2,(H,27,28,34)/t18-,21?/m1/s1. The third-order valence-electron chi connectivity index (χ3n) is 5.42. The molecule has 35 heavy (non-hydrogen) atoms. The van der Waals surface area contributed by atoms with Crippen molar-refractivity contribution in [3.8, 4) is 5.75 Å². The molecule has 4 rings (SSSR count). The third-order valence-corrected chi connectivity index (χ3v) is 5.73. The summed E-state index contributed by atoms with van der Waals surface area (Å²) in [4.78, 5) is 27.7. The van der Waals surface area contributed by atoms with Gasteiger partial charge in [-0.25, -0.2) is 0 Å². The van der Waals surface area contributed by atoms with E-state index in [9.17, 15) is 14.7 Å². The maximum Gasteiger partial charge on any atom is 0.251 e.